The predicted octanol–water partition coefficient (Wildman–Crippen LogP) is 3.33. The molecular formula is C16H25BrN2O. The van der Waals surface area contributed by atoms with Gasteiger partial charge >= 0.3 is 0 Å². The summed E-state index contributed by atoms with van der Waals surface area (Å²) in [5.74, 6) is 0.407. The monoisotopic (exact) mass is 340 g/mol. The summed E-state index contributed by atoms with van der Waals surface area (Å²) in [4.78, 5) is 2.43. The van der Waals surface area contributed by atoms with Crippen LogP contribution in [0.5, 0.6) is 0 Å². The summed E-state index contributed by atoms with van der Waals surface area (Å²) in [5, 5.41) is 12.9. The molecule has 1 aromatic carbocycles. The Hall–Kier alpha value is -0.580. The van der Waals surface area contributed by atoms with E-state index in [1.807, 2.05) is 0 Å². The van der Waals surface area contributed by atoms with Gasteiger partial charge in [-0.2, -0.15) is 0 Å². The fraction of sp³-hybridized carbons (Fsp3) is 0.625. The molecule has 0 radical (unpaired) electrons. The number of nitrogens with one attached hydrogen (secondary N) is 1. The van der Waals surface area contributed by atoms with Crippen LogP contribution in [0.4, 0.5) is 5.69 Å². The van der Waals surface area contributed by atoms with Crippen LogP contribution in [0.15, 0.2) is 22.7 Å². The molecule has 1 saturated heterocycles. The number of aliphatic hydroxyl groups is 1. The summed E-state index contributed by atoms with van der Waals surface area (Å²) in [6, 6.07) is 6.87. The Bertz CT molecular complexity index is 438. The number of hydrogen-bond acceptors (Lipinski definition) is 3. The van der Waals surface area contributed by atoms with Gasteiger partial charge in [-0.25, -0.2) is 0 Å². The maximum atomic E-state index is 9.42. The van der Waals surface area contributed by atoms with Crippen molar-refractivity contribution in [1.82, 2.24) is 5.32 Å². The maximum Gasteiger partial charge on any atom is 0.0476 e. The van der Waals surface area contributed by atoms with Gasteiger partial charge in [-0.3, -0.25) is 0 Å². The van der Waals surface area contributed by atoms with E-state index in [2.05, 4.69) is 58.2 Å². The minimum absolute atomic E-state index is 0.294. The van der Waals surface area contributed by atoms with E-state index >= 15 is 0 Å². The van der Waals surface area contributed by atoms with Gasteiger partial charge in [0.2, 0.25) is 0 Å². The summed E-state index contributed by atoms with van der Waals surface area (Å²) >= 11 is 3.59. The lowest BCUT2D eigenvalue weighted by molar-refractivity contribution is 0.208. The number of halogens is 1. The third-order valence-corrected chi connectivity index (χ3v) is 4.58. The summed E-state index contributed by atoms with van der Waals surface area (Å²) < 4.78 is 1.12. The minimum Gasteiger partial charge on any atom is -0.396 e. The van der Waals surface area contributed by atoms with Crippen LogP contribution < -0.4 is 10.2 Å². The smallest absolute Gasteiger partial charge is 0.0476 e. The SMILES string of the molecule is CCNC(C)c1ccc(Br)cc1N1CCCC(CO)C1. The molecule has 20 heavy (non-hydrogen) atoms. The zero-order valence-electron chi connectivity index (χ0n) is 12.4. The molecule has 1 aliphatic rings. The molecule has 2 rings (SSSR count). The second-order valence-electron chi connectivity index (χ2n) is 5.62. The lowest BCUT2D eigenvalue weighted by atomic mass is 9.96. The van der Waals surface area contributed by atoms with Crippen LogP contribution >= 0.6 is 15.9 Å². The second kappa shape index (κ2) is 7.43. The van der Waals surface area contributed by atoms with Crippen LogP contribution in [-0.4, -0.2) is 31.3 Å². The van der Waals surface area contributed by atoms with E-state index in [4.69, 9.17) is 0 Å². The Kier molecular flexibility index (Phi) is 5.87. The molecule has 1 aliphatic heterocycles. The van der Waals surface area contributed by atoms with E-state index in [1.54, 1.807) is 0 Å². The summed E-state index contributed by atoms with van der Waals surface area (Å²) in [5.41, 5.74) is 2.64. The Morgan fingerprint density at radius 3 is 3.00 bits per heavy atom. The Labute approximate surface area is 130 Å². The number of piperidine rings is 1. The fourth-order valence-electron chi connectivity index (χ4n) is 3.01. The van der Waals surface area contributed by atoms with Crippen LogP contribution in [0.2, 0.25) is 0 Å². The molecule has 2 unspecified atom stereocenters. The first-order chi connectivity index (χ1) is 9.65. The third-order valence-electron chi connectivity index (χ3n) is 4.09. The Morgan fingerprint density at radius 1 is 1.50 bits per heavy atom. The zero-order chi connectivity index (χ0) is 14.5. The zero-order valence-corrected chi connectivity index (χ0v) is 14.0. The topological polar surface area (TPSA) is 35.5 Å². The lowest BCUT2D eigenvalue weighted by Crippen LogP contribution is -2.37. The molecule has 3 nitrogen and oxygen atoms in total. The van der Waals surface area contributed by atoms with E-state index < -0.39 is 0 Å². The summed E-state index contributed by atoms with van der Waals surface area (Å²) in [6.07, 6.45) is 2.30. The Morgan fingerprint density at radius 2 is 2.30 bits per heavy atom. The largest absolute Gasteiger partial charge is 0.396 e. The van der Waals surface area contributed by atoms with Gasteiger partial charge in [-0.1, -0.05) is 28.9 Å². The van der Waals surface area contributed by atoms with Gasteiger partial charge < -0.3 is 15.3 Å². The molecule has 1 aromatic rings. The minimum atomic E-state index is 0.294. The van der Waals surface area contributed by atoms with Gasteiger partial charge in [-0.05, 0) is 49.9 Å². The molecule has 0 aromatic heterocycles. The van der Waals surface area contributed by atoms with E-state index in [-0.39, 0.29) is 0 Å². The van der Waals surface area contributed by atoms with E-state index in [0.717, 1.165) is 36.9 Å². The van der Waals surface area contributed by atoms with Crippen molar-refractivity contribution in [1.29, 1.82) is 0 Å². The highest BCUT2D eigenvalue weighted by molar-refractivity contribution is 9.10. The van der Waals surface area contributed by atoms with Gasteiger partial charge in [0.05, 0.1) is 0 Å². The van der Waals surface area contributed by atoms with Crippen molar-refractivity contribution in [3.8, 4) is 0 Å². The molecule has 112 valence electrons. The van der Waals surface area contributed by atoms with Crippen molar-refractivity contribution in [3.63, 3.8) is 0 Å². The molecule has 2 atom stereocenters. The van der Waals surface area contributed by atoms with Crippen molar-refractivity contribution in [2.24, 2.45) is 5.92 Å². The van der Waals surface area contributed by atoms with Gasteiger partial charge in [0.15, 0.2) is 0 Å². The van der Waals surface area contributed by atoms with E-state index in [9.17, 15) is 5.11 Å². The number of hydrogen-bond donors (Lipinski definition) is 2. The van der Waals surface area contributed by atoms with Crippen molar-refractivity contribution >= 4 is 21.6 Å². The summed E-state index contributed by atoms with van der Waals surface area (Å²) in [7, 11) is 0. The number of anilines is 1. The van der Waals surface area contributed by atoms with Crippen LogP contribution in [0, 0.1) is 5.92 Å². The first-order valence-electron chi connectivity index (χ1n) is 7.54. The number of benzene rings is 1. The predicted molar refractivity (Wildman–Crippen MR) is 88.3 cm³/mol. The molecule has 0 spiro atoms. The van der Waals surface area contributed by atoms with Crippen LogP contribution in [-0.2, 0) is 0 Å². The van der Waals surface area contributed by atoms with Crippen LogP contribution in [0.25, 0.3) is 0 Å². The van der Waals surface area contributed by atoms with Gasteiger partial charge in [0.1, 0.15) is 0 Å². The molecule has 4 heteroatoms. The number of nitrogens with zero attached hydrogens (tertiary/aromatic N) is 1. The van der Waals surface area contributed by atoms with Crippen molar-refractivity contribution in [2.45, 2.75) is 32.7 Å². The molecular weight excluding hydrogens is 316 g/mol. The lowest BCUT2D eigenvalue weighted by Gasteiger charge is -2.36. The van der Waals surface area contributed by atoms with E-state index in [1.165, 1.54) is 11.3 Å². The van der Waals surface area contributed by atoms with Gasteiger partial charge in [-0.15, -0.1) is 0 Å². The van der Waals surface area contributed by atoms with Crippen molar-refractivity contribution in [2.75, 3.05) is 31.1 Å². The quantitative estimate of drug-likeness (QED) is 0.862. The highest BCUT2D eigenvalue weighted by atomic mass is 79.9. The van der Waals surface area contributed by atoms with Gasteiger partial charge in [0, 0.05) is 35.9 Å². The Balaban J connectivity index is 2.26. The summed E-state index contributed by atoms with van der Waals surface area (Å²) in [6.45, 7) is 7.65. The normalized spacial score (nSPS) is 21.0. The molecule has 2 N–H and O–H groups in total. The van der Waals surface area contributed by atoms with Crippen molar-refractivity contribution < 1.29 is 5.11 Å². The second-order valence-corrected chi connectivity index (χ2v) is 6.54. The van der Waals surface area contributed by atoms with Crippen LogP contribution in [0.3, 0.4) is 0 Å². The first-order valence-corrected chi connectivity index (χ1v) is 8.33. The molecule has 0 saturated carbocycles. The fourth-order valence-corrected chi connectivity index (χ4v) is 3.35. The third kappa shape index (κ3) is 3.74. The molecule has 0 aliphatic carbocycles. The van der Waals surface area contributed by atoms with Gasteiger partial charge in [0.25, 0.3) is 0 Å². The van der Waals surface area contributed by atoms with Crippen molar-refractivity contribution in [3.05, 3.63) is 28.2 Å². The average Bonchev–Trinajstić information content (AvgIpc) is 2.47. The molecule has 0 bridgehead atoms. The van der Waals surface area contributed by atoms with Crippen LogP contribution in [0.1, 0.15) is 38.3 Å². The molecule has 1 heterocycles. The standard InChI is InChI=1S/C16H25BrN2O/c1-3-18-12(2)15-7-6-14(17)9-16(15)19-8-4-5-13(10-19)11-20/h6-7,9,12-13,18,20H,3-5,8,10-11H2,1-2H3. The number of aliphatic hydroxyl groups excluding tert-OH is 1. The molecule has 0 amide bonds. The first kappa shape index (κ1) is 15.8. The molecule has 1 fully saturated rings. The van der Waals surface area contributed by atoms with E-state index in [0.29, 0.717) is 18.6 Å². The average molecular weight is 341 g/mol. The maximum absolute atomic E-state index is 9.42. The highest BCUT2D eigenvalue weighted by Crippen LogP contribution is 2.32. The number of rotatable bonds is 5. The highest BCUT2D eigenvalue weighted by Gasteiger charge is 2.22.